The van der Waals surface area contributed by atoms with Crippen LogP contribution in [0.4, 0.5) is 0 Å². The molecule has 0 amide bonds. The molecule has 4 heteroatoms. The second-order valence-corrected chi connectivity index (χ2v) is 4.30. The molecule has 0 saturated carbocycles. The van der Waals surface area contributed by atoms with Crippen LogP contribution in [0.2, 0.25) is 0 Å². The van der Waals surface area contributed by atoms with Crippen molar-refractivity contribution in [2.24, 2.45) is 11.8 Å². The van der Waals surface area contributed by atoms with Gasteiger partial charge in [0.15, 0.2) is 6.29 Å². The Morgan fingerprint density at radius 1 is 1.53 bits per heavy atom. The minimum atomic E-state index is -0.941. The number of aliphatic hydroxyl groups is 1. The van der Waals surface area contributed by atoms with Gasteiger partial charge in [0.1, 0.15) is 0 Å². The summed E-state index contributed by atoms with van der Waals surface area (Å²) in [5.74, 6) is -1.08. The first kappa shape index (κ1) is 14.2. The predicted octanol–water partition coefficient (Wildman–Crippen LogP) is 1.88. The minimum absolute atomic E-state index is 0.257. The van der Waals surface area contributed by atoms with Gasteiger partial charge < -0.3 is 14.6 Å². The minimum Gasteiger partial charge on any atom is -0.466 e. The third-order valence-corrected chi connectivity index (χ3v) is 3.13. The van der Waals surface area contributed by atoms with E-state index in [-0.39, 0.29) is 18.0 Å². The summed E-state index contributed by atoms with van der Waals surface area (Å²) >= 11 is 0. The number of esters is 1. The molecule has 4 atom stereocenters. The lowest BCUT2D eigenvalue weighted by atomic mass is 9.88. The molecule has 1 rings (SSSR count). The fourth-order valence-electron chi connectivity index (χ4n) is 2.24. The lowest BCUT2D eigenvalue weighted by Crippen LogP contribution is -2.30. The largest absolute Gasteiger partial charge is 0.466 e. The summed E-state index contributed by atoms with van der Waals surface area (Å²) < 4.78 is 10.5. The zero-order valence-corrected chi connectivity index (χ0v) is 10.6. The van der Waals surface area contributed by atoms with Crippen molar-refractivity contribution in [3.8, 4) is 0 Å². The second-order valence-electron chi connectivity index (χ2n) is 4.30. The number of unbranched alkanes of at least 4 members (excludes halogenated alkanes) is 1. The van der Waals surface area contributed by atoms with Crippen LogP contribution >= 0.6 is 0 Å². The van der Waals surface area contributed by atoms with Crippen LogP contribution in [-0.4, -0.2) is 30.1 Å². The normalized spacial score (nSPS) is 32.4. The summed E-state index contributed by atoms with van der Waals surface area (Å²) in [6, 6.07) is 0. The molecule has 1 fully saturated rings. The number of hydrogen-bond acceptors (Lipinski definition) is 4. The maximum atomic E-state index is 11.9. The lowest BCUT2D eigenvalue weighted by molar-refractivity contribution is -0.150. The number of ether oxygens (including phenoxy) is 2. The molecule has 0 bridgehead atoms. The Morgan fingerprint density at radius 3 is 2.76 bits per heavy atom. The maximum Gasteiger partial charge on any atom is 0.312 e. The molecule has 0 aliphatic carbocycles. The van der Waals surface area contributed by atoms with E-state index in [0.717, 1.165) is 19.3 Å². The van der Waals surface area contributed by atoms with Crippen LogP contribution in [0, 0.1) is 11.8 Å². The zero-order chi connectivity index (χ0) is 12.8. The monoisotopic (exact) mass is 242 g/mol. The summed E-state index contributed by atoms with van der Waals surface area (Å²) in [5.41, 5.74) is 0. The van der Waals surface area contributed by atoms with E-state index < -0.39 is 12.2 Å². The van der Waals surface area contributed by atoms with Gasteiger partial charge >= 0.3 is 5.97 Å². The lowest BCUT2D eigenvalue weighted by Gasteiger charge is -2.18. The number of carbonyl (C=O) groups excluding carboxylic acids is 1. The average molecular weight is 242 g/mol. The summed E-state index contributed by atoms with van der Waals surface area (Å²) in [7, 11) is 0. The third-order valence-electron chi connectivity index (χ3n) is 3.13. The highest BCUT2D eigenvalue weighted by molar-refractivity contribution is 5.74. The highest BCUT2D eigenvalue weighted by Crippen LogP contribution is 2.35. The summed E-state index contributed by atoms with van der Waals surface area (Å²) in [6.45, 7) is 7.85. The van der Waals surface area contributed by atoms with Gasteiger partial charge in [0, 0.05) is 5.92 Å². The summed E-state index contributed by atoms with van der Waals surface area (Å²) in [4.78, 5) is 11.9. The quantitative estimate of drug-likeness (QED) is 0.570. The van der Waals surface area contributed by atoms with Gasteiger partial charge in [-0.05, 0) is 13.3 Å². The topological polar surface area (TPSA) is 55.8 Å². The third kappa shape index (κ3) is 3.30. The van der Waals surface area contributed by atoms with E-state index in [9.17, 15) is 9.90 Å². The molecule has 1 aliphatic rings. The van der Waals surface area contributed by atoms with Crippen molar-refractivity contribution in [2.75, 3.05) is 6.61 Å². The molecule has 4 nitrogen and oxygen atoms in total. The van der Waals surface area contributed by atoms with Gasteiger partial charge in [-0.2, -0.15) is 0 Å². The van der Waals surface area contributed by atoms with Gasteiger partial charge in [0.05, 0.1) is 18.6 Å². The molecule has 1 N–H and O–H groups in total. The highest BCUT2D eigenvalue weighted by atomic mass is 16.6. The van der Waals surface area contributed by atoms with Crippen molar-refractivity contribution >= 4 is 5.97 Å². The van der Waals surface area contributed by atoms with Crippen molar-refractivity contribution in [1.29, 1.82) is 0 Å². The van der Waals surface area contributed by atoms with Crippen LogP contribution in [0.25, 0.3) is 0 Å². The first-order valence-corrected chi connectivity index (χ1v) is 6.28. The SMILES string of the molecule is C=C[C@@H]1C(O)O[C@H](CCCC)[C@H]1C(=O)OCC. The van der Waals surface area contributed by atoms with E-state index in [0.29, 0.717) is 6.61 Å². The second kappa shape index (κ2) is 6.77. The van der Waals surface area contributed by atoms with Crippen molar-refractivity contribution in [2.45, 2.75) is 45.5 Å². The Bertz CT molecular complexity index is 264. The fourth-order valence-corrected chi connectivity index (χ4v) is 2.24. The molecule has 0 aromatic carbocycles. The number of carbonyl (C=O) groups is 1. The van der Waals surface area contributed by atoms with Gasteiger partial charge in [0.25, 0.3) is 0 Å². The first-order valence-electron chi connectivity index (χ1n) is 6.28. The van der Waals surface area contributed by atoms with Crippen LogP contribution in [0.1, 0.15) is 33.1 Å². The first-order chi connectivity index (χ1) is 8.15. The van der Waals surface area contributed by atoms with Gasteiger partial charge in [-0.1, -0.05) is 25.8 Å². The summed E-state index contributed by atoms with van der Waals surface area (Å²) in [6.07, 6.45) is 3.15. The van der Waals surface area contributed by atoms with Gasteiger partial charge in [-0.25, -0.2) is 0 Å². The Morgan fingerprint density at radius 2 is 2.24 bits per heavy atom. The Kier molecular flexibility index (Phi) is 5.65. The summed E-state index contributed by atoms with van der Waals surface area (Å²) in [5, 5.41) is 9.74. The molecular weight excluding hydrogens is 220 g/mol. The molecule has 17 heavy (non-hydrogen) atoms. The molecule has 1 unspecified atom stereocenters. The molecule has 0 spiro atoms. The number of rotatable bonds is 6. The van der Waals surface area contributed by atoms with Crippen molar-refractivity contribution in [1.82, 2.24) is 0 Å². The standard InChI is InChI=1S/C13H22O4/c1-4-7-8-10-11(13(15)16-6-3)9(5-2)12(14)17-10/h5,9-12,14H,2,4,6-8H2,1,3H3/t9-,10+,11-,12?/m0/s1. The fraction of sp³-hybridized carbons (Fsp3) is 0.769. The van der Waals surface area contributed by atoms with E-state index in [4.69, 9.17) is 9.47 Å². The van der Waals surface area contributed by atoms with Gasteiger partial charge in [-0.3, -0.25) is 4.79 Å². The molecular formula is C13H22O4. The molecule has 98 valence electrons. The molecule has 1 saturated heterocycles. The van der Waals surface area contributed by atoms with Crippen LogP contribution in [0.3, 0.4) is 0 Å². The number of hydrogen-bond donors (Lipinski definition) is 1. The van der Waals surface area contributed by atoms with E-state index in [1.54, 1.807) is 13.0 Å². The van der Waals surface area contributed by atoms with Gasteiger partial charge in [0.2, 0.25) is 0 Å². The van der Waals surface area contributed by atoms with E-state index >= 15 is 0 Å². The van der Waals surface area contributed by atoms with Crippen LogP contribution in [0.5, 0.6) is 0 Å². The molecule has 0 aromatic heterocycles. The van der Waals surface area contributed by atoms with E-state index in [2.05, 4.69) is 13.5 Å². The number of aliphatic hydroxyl groups excluding tert-OH is 1. The van der Waals surface area contributed by atoms with Gasteiger partial charge in [-0.15, -0.1) is 6.58 Å². The molecule has 1 aliphatic heterocycles. The zero-order valence-electron chi connectivity index (χ0n) is 10.6. The van der Waals surface area contributed by atoms with Crippen LogP contribution < -0.4 is 0 Å². The maximum absolute atomic E-state index is 11.9. The molecule has 1 heterocycles. The highest BCUT2D eigenvalue weighted by Gasteiger charge is 2.46. The Hall–Kier alpha value is -0.870. The van der Waals surface area contributed by atoms with Crippen molar-refractivity contribution < 1.29 is 19.4 Å². The van der Waals surface area contributed by atoms with Crippen molar-refractivity contribution in [3.63, 3.8) is 0 Å². The average Bonchev–Trinajstić information content (AvgIpc) is 2.62. The van der Waals surface area contributed by atoms with Crippen molar-refractivity contribution in [3.05, 3.63) is 12.7 Å². The van der Waals surface area contributed by atoms with Crippen LogP contribution in [0.15, 0.2) is 12.7 Å². The predicted molar refractivity (Wildman–Crippen MR) is 64.2 cm³/mol. The van der Waals surface area contributed by atoms with E-state index in [1.165, 1.54) is 0 Å². The Balaban J connectivity index is 2.74. The smallest absolute Gasteiger partial charge is 0.312 e. The Labute approximate surface area is 103 Å². The van der Waals surface area contributed by atoms with Crippen LogP contribution in [-0.2, 0) is 14.3 Å². The van der Waals surface area contributed by atoms with E-state index in [1.807, 2.05) is 0 Å². The molecule has 0 aromatic rings. The molecule has 0 radical (unpaired) electrons.